The highest BCUT2D eigenvalue weighted by atomic mass is 28.4. The SMILES string of the molecule is CO[C@H]1C[C@@H]2CC[C@@H](C)[C@@](O)(O2)C(=O)C(=O)N2CCCC[C@H]2C(=O)O[C@H]([C@H](C)C[C@@H]2CC[C@@H](O[Si](C)(C)C)[C@H](OC)C2)CC(=O)[C@H](C)/C=C(\C)[C@@H](O)[C@@H](OC)C(=O)[C@H](C)CC[C@H](C)/C=C/C=C/C=C/1C. The minimum Gasteiger partial charge on any atom is -0.460 e. The van der Waals surface area contributed by atoms with Crippen LogP contribution in [0.2, 0.25) is 19.6 Å². The highest BCUT2D eigenvalue weighted by Gasteiger charge is 2.53. The average molecular weight is 1000 g/mol. The van der Waals surface area contributed by atoms with E-state index < -0.39 is 86.1 Å². The molecule has 0 radical (unpaired) electrons. The van der Waals surface area contributed by atoms with Gasteiger partial charge in [0.05, 0.1) is 24.4 Å². The fourth-order valence-corrected chi connectivity index (χ4v) is 11.9. The number of hydrogen-bond acceptors (Lipinski definition) is 13. The molecule has 0 spiro atoms. The van der Waals surface area contributed by atoms with Gasteiger partial charge in [0.15, 0.2) is 14.1 Å². The van der Waals surface area contributed by atoms with Crippen molar-refractivity contribution in [2.75, 3.05) is 27.9 Å². The average Bonchev–Trinajstić information content (AvgIpc) is 3.32. The Hall–Kier alpha value is -3.15. The smallest absolute Gasteiger partial charge is 0.329 e. The highest BCUT2D eigenvalue weighted by Crippen LogP contribution is 2.38. The summed E-state index contributed by atoms with van der Waals surface area (Å²) in [5.74, 6) is -7.51. The third kappa shape index (κ3) is 16.4. The number of rotatable bonds is 8. The number of aliphatic hydroxyl groups is 2. The second-order valence-corrected chi connectivity index (χ2v) is 26.6. The van der Waals surface area contributed by atoms with Crippen LogP contribution in [0.25, 0.3) is 0 Å². The van der Waals surface area contributed by atoms with Crippen LogP contribution >= 0.6 is 0 Å². The molecular formula is C55H89NO13Si. The van der Waals surface area contributed by atoms with E-state index in [1.54, 1.807) is 41.1 Å². The first kappa shape index (κ1) is 59.4. The van der Waals surface area contributed by atoms with Crippen molar-refractivity contribution in [2.45, 2.75) is 206 Å². The summed E-state index contributed by atoms with van der Waals surface area (Å²) in [5.41, 5.74) is 1.31. The fraction of sp³-hybridized carbons (Fsp3) is 0.764. The predicted molar refractivity (Wildman–Crippen MR) is 272 cm³/mol. The molecule has 70 heavy (non-hydrogen) atoms. The molecule has 0 aromatic heterocycles. The summed E-state index contributed by atoms with van der Waals surface area (Å²) in [5, 5.41) is 23.5. The number of aliphatic hydroxyl groups excluding tert-OH is 1. The van der Waals surface area contributed by atoms with Crippen LogP contribution in [-0.4, -0.2) is 135 Å². The number of esters is 1. The third-order valence-corrected chi connectivity index (χ3v) is 16.3. The lowest BCUT2D eigenvalue weighted by Crippen LogP contribution is -2.61. The van der Waals surface area contributed by atoms with Crippen LogP contribution in [-0.2, 0) is 52.1 Å². The van der Waals surface area contributed by atoms with Crippen LogP contribution in [0.3, 0.4) is 0 Å². The Morgan fingerprint density at radius 3 is 2.20 bits per heavy atom. The van der Waals surface area contributed by atoms with Gasteiger partial charge in [-0.2, -0.15) is 0 Å². The molecule has 15 atom stereocenters. The Balaban J connectivity index is 1.69. The Morgan fingerprint density at radius 2 is 1.54 bits per heavy atom. The summed E-state index contributed by atoms with van der Waals surface area (Å²) in [7, 11) is 2.85. The quantitative estimate of drug-likeness (QED) is 0.102. The topological polar surface area (TPSA) is 184 Å². The van der Waals surface area contributed by atoms with Crippen LogP contribution in [0.4, 0.5) is 0 Å². The molecule has 3 heterocycles. The van der Waals surface area contributed by atoms with E-state index >= 15 is 0 Å². The largest absolute Gasteiger partial charge is 0.460 e. The van der Waals surface area contributed by atoms with Crippen molar-refractivity contribution >= 4 is 37.5 Å². The molecule has 4 aliphatic rings. The molecule has 15 heteroatoms. The maximum atomic E-state index is 14.5. The van der Waals surface area contributed by atoms with Crippen LogP contribution in [0.5, 0.6) is 0 Å². The van der Waals surface area contributed by atoms with Gasteiger partial charge in [-0.1, -0.05) is 71.1 Å². The van der Waals surface area contributed by atoms with Gasteiger partial charge >= 0.3 is 5.97 Å². The first-order valence-corrected chi connectivity index (χ1v) is 29.5. The van der Waals surface area contributed by atoms with E-state index in [0.717, 1.165) is 31.3 Å². The van der Waals surface area contributed by atoms with Gasteiger partial charge in [-0.15, -0.1) is 0 Å². The molecule has 4 rings (SSSR count). The van der Waals surface area contributed by atoms with Crippen LogP contribution in [0.1, 0.15) is 132 Å². The van der Waals surface area contributed by atoms with Crippen molar-refractivity contribution in [2.24, 2.45) is 35.5 Å². The number of piperidine rings is 1. The van der Waals surface area contributed by atoms with E-state index in [4.69, 9.17) is 28.1 Å². The number of nitrogens with zero attached hydrogens (tertiary/aromatic N) is 1. The summed E-state index contributed by atoms with van der Waals surface area (Å²) >= 11 is 0. The zero-order valence-electron chi connectivity index (χ0n) is 44.8. The molecule has 3 fully saturated rings. The van der Waals surface area contributed by atoms with E-state index in [1.807, 2.05) is 45.1 Å². The zero-order valence-corrected chi connectivity index (χ0v) is 45.8. The molecule has 1 aliphatic carbocycles. The van der Waals surface area contributed by atoms with Crippen LogP contribution in [0, 0.1) is 35.5 Å². The van der Waals surface area contributed by atoms with Gasteiger partial charge in [0.2, 0.25) is 5.79 Å². The molecule has 396 valence electrons. The van der Waals surface area contributed by atoms with E-state index in [1.165, 1.54) is 12.0 Å². The van der Waals surface area contributed by atoms with Gasteiger partial charge < -0.3 is 43.2 Å². The molecule has 0 aromatic carbocycles. The van der Waals surface area contributed by atoms with Gasteiger partial charge in [-0.05, 0) is 133 Å². The minimum atomic E-state index is -2.42. The number of Topliss-reactive ketones (excluding diaryl/α,β-unsaturated/α-hetero) is 3. The molecule has 3 aliphatic heterocycles. The number of carbonyl (C=O) groups excluding carboxylic acids is 5. The summed E-state index contributed by atoms with van der Waals surface area (Å²) < 4.78 is 36.5. The third-order valence-electron chi connectivity index (χ3n) is 15.3. The summed E-state index contributed by atoms with van der Waals surface area (Å²) in [6, 6.07) is -1.13. The molecule has 0 aromatic rings. The second-order valence-electron chi connectivity index (χ2n) is 22.1. The van der Waals surface area contributed by atoms with Gasteiger partial charge in [0, 0.05) is 58.5 Å². The van der Waals surface area contributed by atoms with Gasteiger partial charge in [0.25, 0.3) is 11.7 Å². The van der Waals surface area contributed by atoms with Crippen LogP contribution < -0.4 is 0 Å². The lowest BCUT2D eigenvalue weighted by molar-refractivity contribution is -0.265. The van der Waals surface area contributed by atoms with Crippen molar-refractivity contribution in [3.63, 3.8) is 0 Å². The normalized spacial score (nSPS) is 38.8. The number of cyclic esters (lactones) is 1. The Labute approximate surface area is 420 Å². The lowest BCUT2D eigenvalue weighted by atomic mass is 9.78. The number of ether oxygens (including phenoxy) is 5. The molecule has 2 bridgehead atoms. The maximum Gasteiger partial charge on any atom is 0.329 e. The number of methoxy groups -OCH3 is 3. The summed E-state index contributed by atoms with van der Waals surface area (Å²) in [4.78, 5) is 72.4. The second kappa shape index (κ2) is 27.2. The minimum absolute atomic E-state index is 0.0130. The number of carbonyl (C=O) groups is 5. The number of allylic oxidation sites excluding steroid dienone is 6. The number of hydrogen-bond donors (Lipinski definition) is 2. The molecule has 1 amide bonds. The maximum absolute atomic E-state index is 14.5. The lowest BCUT2D eigenvalue weighted by Gasteiger charge is -2.42. The molecule has 1 saturated carbocycles. The molecule has 2 N–H and O–H groups in total. The number of fused-ring (bicyclic) bond motifs is 3. The van der Waals surface area contributed by atoms with Crippen molar-refractivity contribution in [1.29, 1.82) is 0 Å². The molecule has 0 unspecified atom stereocenters. The summed E-state index contributed by atoms with van der Waals surface area (Å²) in [6.45, 7) is 19.5. The first-order valence-electron chi connectivity index (χ1n) is 26.1. The number of amides is 1. The van der Waals surface area contributed by atoms with Gasteiger partial charge in [0.1, 0.15) is 30.1 Å². The van der Waals surface area contributed by atoms with Crippen LogP contribution in [0.15, 0.2) is 47.6 Å². The fourth-order valence-electron chi connectivity index (χ4n) is 10.7. The first-order chi connectivity index (χ1) is 32.9. The Bertz CT molecular complexity index is 1890. The highest BCUT2D eigenvalue weighted by molar-refractivity contribution is 6.69. The van der Waals surface area contributed by atoms with Crippen molar-refractivity contribution in [3.05, 3.63) is 47.6 Å². The van der Waals surface area contributed by atoms with Gasteiger partial charge in [-0.25, -0.2) is 4.79 Å². The Kier molecular flexibility index (Phi) is 23.1. The molecular weight excluding hydrogens is 911 g/mol. The van der Waals surface area contributed by atoms with Gasteiger partial charge in [-0.3, -0.25) is 19.2 Å². The van der Waals surface area contributed by atoms with Crippen molar-refractivity contribution < 1.29 is 62.3 Å². The van der Waals surface area contributed by atoms with E-state index in [-0.39, 0.29) is 60.9 Å². The van der Waals surface area contributed by atoms with E-state index in [0.29, 0.717) is 50.5 Å². The molecule has 14 nitrogen and oxygen atoms in total. The van der Waals surface area contributed by atoms with Crippen molar-refractivity contribution in [1.82, 2.24) is 4.90 Å². The zero-order chi connectivity index (χ0) is 52.1. The standard InChI is InChI=1S/C55H89NO13Si/c1-34-19-15-14-16-20-35(2)46(64-8)32-42-26-24-40(7)55(63,68-42)52(60)53(61)56-28-18-17-21-43(56)54(62)67-47(38(5)30-41-25-27-45(48(31-41)65-9)69-70(11,12)13)33-44(57)37(4)29-39(6)50(59)51(66-10)49(58)36(3)23-22-34/h14-16,19-20,29,34,36-38,40-43,45-48,50-51,59,63H,17-18,21-28,30-33H2,1-13H3/b16-14+,19-15+,35-20+,39-29+/t34-,36-,37-,38-,40-,41+,42+,43+,45-,46+,47+,48-,50-,51+,55-/m1/s1. The number of ketones is 3. The van der Waals surface area contributed by atoms with E-state index in [2.05, 4.69) is 32.6 Å². The molecule has 2 saturated heterocycles. The van der Waals surface area contributed by atoms with Crippen molar-refractivity contribution in [3.8, 4) is 0 Å². The monoisotopic (exact) mass is 1000 g/mol. The summed E-state index contributed by atoms with van der Waals surface area (Å²) in [6.07, 6.45) is 13.9. The van der Waals surface area contributed by atoms with E-state index in [9.17, 15) is 34.2 Å². The Morgan fingerprint density at radius 1 is 0.829 bits per heavy atom. The predicted octanol–water partition coefficient (Wildman–Crippen LogP) is 8.43.